The van der Waals surface area contributed by atoms with Gasteiger partial charge in [-0.15, -0.1) is 11.3 Å². The molecule has 0 amide bonds. The second-order valence-corrected chi connectivity index (χ2v) is 5.75. The molecule has 2 nitrogen and oxygen atoms in total. The van der Waals surface area contributed by atoms with E-state index in [-0.39, 0.29) is 0 Å². The highest BCUT2D eigenvalue weighted by Gasteiger charge is 2.21. The van der Waals surface area contributed by atoms with E-state index in [0.29, 0.717) is 0 Å². The molecule has 0 saturated carbocycles. The van der Waals surface area contributed by atoms with Gasteiger partial charge in [0.05, 0.1) is 0 Å². The van der Waals surface area contributed by atoms with Crippen LogP contribution in [0.15, 0.2) is 12.1 Å². The first-order valence-corrected chi connectivity index (χ1v) is 7.16. The van der Waals surface area contributed by atoms with Crippen molar-refractivity contribution in [1.29, 1.82) is 0 Å². The van der Waals surface area contributed by atoms with E-state index in [0.717, 1.165) is 19.1 Å². The average Bonchev–Trinajstić information content (AvgIpc) is 2.89. The molecule has 90 valence electrons. The van der Waals surface area contributed by atoms with Gasteiger partial charge in [-0.05, 0) is 31.5 Å². The molecule has 1 aromatic heterocycles. The molecule has 16 heavy (non-hydrogen) atoms. The van der Waals surface area contributed by atoms with E-state index >= 15 is 0 Å². The Morgan fingerprint density at radius 1 is 1.38 bits per heavy atom. The minimum absolute atomic E-state index is 0.718. The van der Waals surface area contributed by atoms with Crippen LogP contribution >= 0.6 is 11.3 Å². The fourth-order valence-electron chi connectivity index (χ4n) is 2.35. The molecule has 2 heterocycles. The van der Waals surface area contributed by atoms with Crippen molar-refractivity contribution in [2.24, 2.45) is 0 Å². The first kappa shape index (κ1) is 12.1. The Balaban J connectivity index is 1.82. The number of thiophene rings is 1. The Kier molecular flexibility index (Phi) is 4.38. The van der Waals surface area contributed by atoms with Crippen LogP contribution in [-0.4, -0.2) is 30.6 Å². The largest absolute Gasteiger partial charge is 0.313 e. The summed E-state index contributed by atoms with van der Waals surface area (Å²) in [5.74, 6) is 0. The molecule has 0 radical (unpaired) electrons. The van der Waals surface area contributed by atoms with Gasteiger partial charge in [-0.3, -0.25) is 4.90 Å². The van der Waals surface area contributed by atoms with Crippen LogP contribution in [0.5, 0.6) is 0 Å². The Morgan fingerprint density at radius 3 is 2.88 bits per heavy atom. The number of rotatable bonds is 5. The summed E-state index contributed by atoms with van der Waals surface area (Å²) in [5, 5.41) is 3.54. The average molecular weight is 238 g/mol. The molecule has 1 aromatic rings. The lowest BCUT2D eigenvalue weighted by molar-refractivity contribution is 0.323. The molecule has 0 aliphatic carbocycles. The molecule has 1 fully saturated rings. The maximum atomic E-state index is 3.54. The van der Waals surface area contributed by atoms with Crippen molar-refractivity contribution in [2.75, 3.05) is 19.6 Å². The molecule has 0 aromatic carbocycles. The molecule has 1 atom stereocenters. The molecule has 3 heteroatoms. The molecule has 1 aliphatic rings. The highest BCUT2D eigenvalue weighted by atomic mass is 32.1. The minimum Gasteiger partial charge on any atom is -0.313 e. The van der Waals surface area contributed by atoms with Gasteiger partial charge >= 0.3 is 0 Å². The maximum absolute atomic E-state index is 3.54. The number of hydrogen-bond acceptors (Lipinski definition) is 3. The van der Waals surface area contributed by atoms with E-state index in [1.807, 2.05) is 11.3 Å². The number of likely N-dealkylation sites (tertiary alicyclic amines) is 1. The molecule has 0 bridgehead atoms. The normalized spacial score (nSPS) is 21.8. The summed E-state index contributed by atoms with van der Waals surface area (Å²) in [6.45, 7) is 9.12. The lowest BCUT2D eigenvalue weighted by atomic mass is 10.3. The standard InChI is InChI=1S/C13H22N2S/c1-3-12-5-6-13(16-12)10-15-8-7-11(9-15)14-4-2/h5-6,11,14H,3-4,7-10H2,1-2H3. The number of likely N-dealkylation sites (N-methyl/N-ethyl adjacent to an activating group) is 1. The SMILES string of the molecule is CCNC1CCN(Cc2ccc(CC)s2)C1. The summed E-state index contributed by atoms with van der Waals surface area (Å²) in [4.78, 5) is 5.60. The smallest absolute Gasteiger partial charge is 0.0328 e. The van der Waals surface area contributed by atoms with Crippen LogP contribution in [0.25, 0.3) is 0 Å². The Hall–Kier alpha value is -0.380. The van der Waals surface area contributed by atoms with Gasteiger partial charge in [0.1, 0.15) is 0 Å². The van der Waals surface area contributed by atoms with Crippen molar-refractivity contribution in [3.8, 4) is 0 Å². The van der Waals surface area contributed by atoms with Crippen molar-refractivity contribution in [1.82, 2.24) is 10.2 Å². The summed E-state index contributed by atoms with van der Waals surface area (Å²) in [7, 11) is 0. The second-order valence-electron chi connectivity index (χ2n) is 4.50. The van der Waals surface area contributed by atoms with Gasteiger partial charge in [0.25, 0.3) is 0 Å². The van der Waals surface area contributed by atoms with Gasteiger partial charge in [-0.1, -0.05) is 13.8 Å². The van der Waals surface area contributed by atoms with Gasteiger partial charge in [-0.2, -0.15) is 0 Å². The predicted octanol–water partition coefficient (Wildman–Crippen LogP) is 2.49. The first-order valence-electron chi connectivity index (χ1n) is 6.35. The number of nitrogens with one attached hydrogen (secondary N) is 1. The van der Waals surface area contributed by atoms with Gasteiger partial charge in [0.15, 0.2) is 0 Å². The van der Waals surface area contributed by atoms with Crippen molar-refractivity contribution in [3.63, 3.8) is 0 Å². The third-order valence-corrected chi connectivity index (χ3v) is 4.42. The Morgan fingerprint density at radius 2 is 2.19 bits per heavy atom. The summed E-state index contributed by atoms with van der Waals surface area (Å²) in [5.41, 5.74) is 0. The number of aryl methyl sites for hydroxylation is 1. The lowest BCUT2D eigenvalue weighted by Crippen LogP contribution is -2.31. The molecule has 1 saturated heterocycles. The second kappa shape index (κ2) is 5.80. The Bertz CT molecular complexity index is 321. The van der Waals surface area contributed by atoms with E-state index in [1.54, 1.807) is 0 Å². The topological polar surface area (TPSA) is 15.3 Å². The maximum Gasteiger partial charge on any atom is 0.0328 e. The quantitative estimate of drug-likeness (QED) is 0.848. The number of nitrogens with zero attached hydrogens (tertiary/aromatic N) is 1. The summed E-state index contributed by atoms with van der Waals surface area (Å²) < 4.78 is 0. The number of hydrogen-bond donors (Lipinski definition) is 1. The van der Waals surface area contributed by atoms with Gasteiger partial charge in [-0.25, -0.2) is 0 Å². The molecule has 1 N–H and O–H groups in total. The van der Waals surface area contributed by atoms with Crippen LogP contribution in [0.3, 0.4) is 0 Å². The van der Waals surface area contributed by atoms with Crippen LogP contribution in [-0.2, 0) is 13.0 Å². The zero-order valence-electron chi connectivity index (χ0n) is 10.3. The van der Waals surface area contributed by atoms with Crippen LogP contribution in [0.1, 0.15) is 30.0 Å². The van der Waals surface area contributed by atoms with Gasteiger partial charge < -0.3 is 5.32 Å². The van der Waals surface area contributed by atoms with E-state index in [2.05, 4.69) is 36.2 Å². The van der Waals surface area contributed by atoms with Crippen LogP contribution in [0.2, 0.25) is 0 Å². The molecule has 0 spiro atoms. The van der Waals surface area contributed by atoms with Crippen LogP contribution in [0, 0.1) is 0 Å². The molecular weight excluding hydrogens is 216 g/mol. The van der Waals surface area contributed by atoms with Crippen molar-refractivity contribution < 1.29 is 0 Å². The summed E-state index contributed by atoms with van der Waals surface area (Å²) in [6, 6.07) is 5.29. The van der Waals surface area contributed by atoms with Crippen LogP contribution < -0.4 is 5.32 Å². The summed E-state index contributed by atoms with van der Waals surface area (Å²) >= 11 is 1.97. The molecule has 1 unspecified atom stereocenters. The highest BCUT2D eigenvalue weighted by molar-refractivity contribution is 7.11. The van der Waals surface area contributed by atoms with Crippen molar-refractivity contribution in [3.05, 3.63) is 21.9 Å². The molecular formula is C13H22N2S. The van der Waals surface area contributed by atoms with Crippen molar-refractivity contribution >= 4 is 11.3 Å². The zero-order valence-corrected chi connectivity index (χ0v) is 11.1. The summed E-state index contributed by atoms with van der Waals surface area (Å²) in [6.07, 6.45) is 2.48. The zero-order chi connectivity index (χ0) is 11.4. The Labute approximate surface area is 103 Å². The molecule has 2 rings (SSSR count). The van der Waals surface area contributed by atoms with Crippen molar-refractivity contribution in [2.45, 2.75) is 39.3 Å². The molecule has 1 aliphatic heterocycles. The highest BCUT2D eigenvalue weighted by Crippen LogP contribution is 2.20. The van der Waals surface area contributed by atoms with E-state index in [4.69, 9.17) is 0 Å². The minimum atomic E-state index is 0.718. The fourth-order valence-corrected chi connectivity index (χ4v) is 3.35. The van der Waals surface area contributed by atoms with E-state index in [9.17, 15) is 0 Å². The fraction of sp³-hybridized carbons (Fsp3) is 0.692. The third-order valence-electron chi connectivity index (χ3n) is 3.21. The van der Waals surface area contributed by atoms with Crippen LogP contribution in [0.4, 0.5) is 0 Å². The lowest BCUT2D eigenvalue weighted by Gasteiger charge is -2.15. The first-order chi connectivity index (χ1) is 7.81. The third kappa shape index (κ3) is 3.06. The predicted molar refractivity (Wildman–Crippen MR) is 71.1 cm³/mol. The van der Waals surface area contributed by atoms with E-state index in [1.165, 1.54) is 35.7 Å². The monoisotopic (exact) mass is 238 g/mol. The van der Waals surface area contributed by atoms with Gasteiger partial charge in [0.2, 0.25) is 0 Å². The van der Waals surface area contributed by atoms with E-state index < -0.39 is 0 Å². The van der Waals surface area contributed by atoms with Gasteiger partial charge in [0, 0.05) is 35.4 Å².